The number of anilines is 1. The summed E-state index contributed by atoms with van der Waals surface area (Å²) in [6.07, 6.45) is 0. The molecule has 0 spiro atoms. The maximum Gasteiger partial charge on any atom is 0.260 e. The number of pyridine rings is 1. The van der Waals surface area contributed by atoms with Crippen molar-refractivity contribution in [2.45, 2.75) is 13.8 Å². The summed E-state index contributed by atoms with van der Waals surface area (Å²) in [6, 6.07) is 16.8. The lowest BCUT2D eigenvalue weighted by molar-refractivity contribution is 0.102. The molecule has 0 atom stereocenters. The van der Waals surface area contributed by atoms with E-state index in [-0.39, 0.29) is 5.91 Å². The maximum absolute atomic E-state index is 12.7. The molecule has 24 heavy (non-hydrogen) atoms. The first kappa shape index (κ1) is 17.9. The van der Waals surface area contributed by atoms with Gasteiger partial charge in [-0.3, -0.25) is 4.79 Å². The molecule has 0 unspecified atom stereocenters. The van der Waals surface area contributed by atoms with E-state index >= 15 is 0 Å². The lowest BCUT2D eigenvalue weighted by Crippen LogP contribution is -2.14. The number of nitrogens with zero attached hydrogens (tertiary/aromatic N) is 1. The van der Waals surface area contributed by atoms with Crippen molar-refractivity contribution in [1.29, 1.82) is 0 Å². The fraction of sp³-hybridized carbons (Fsp3) is 0.158. The second kappa shape index (κ2) is 8.45. The second-order valence-electron chi connectivity index (χ2n) is 4.65. The molecular weight excluding hydrogens is 368 g/mol. The Morgan fingerprint density at radius 3 is 2.33 bits per heavy atom. The summed E-state index contributed by atoms with van der Waals surface area (Å²) in [5.74, 6) is 0.189. The number of para-hydroxylation sites is 2. The van der Waals surface area contributed by atoms with Crippen LogP contribution in [-0.2, 0) is 0 Å². The molecule has 1 aromatic heterocycles. The Labute approximate surface area is 150 Å². The summed E-state index contributed by atoms with van der Waals surface area (Å²) in [4.78, 5) is 17.1. The van der Waals surface area contributed by atoms with Gasteiger partial charge in [0, 0.05) is 11.1 Å². The average Bonchev–Trinajstić information content (AvgIpc) is 2.63. The second-order valence-corrected chi connectivity index (χ2v) is 5.40. The number of carbonyl (C=O) groups is 1. The number of nitrogens with one attached hydrogen (secondary N) is 1. The molecule has 0 bridgehead atoms. The van der Waals surface area contributed by atoms with Gasteiger partial charge in [-0.25, -0.2) is 4.98 Å². The van der Waals surface area contributed by atoms with Crippen LogP contribution >= 0.6 is 15.9 Å². The SMILES string of the molecule is CC.COc1c(Br)nc2ccccc2c1C(=O)Nc1ccccc1. The third kappa shape index (κ3) is 3.74. The van der Waals surface area contributed by atoms with Crippen LogP contribution < -0.4 is 10.1 Å². The smallest absolute Gasteiger partial charge is 0.260 e. The van der Waals surface area contributed by atoms with Crippen molar-refractivity contribution >= 4 is 38.4 Å². The van der Waals surface area contributed by atoms with E-state index in [1.165, 1.54) is 7.11 Å². The van der Waals surface area contributed by atoms with Gasteiger partial charge in [-0.15, -0.1) is 0 Å². The lowest BCUT2D eigenvalue weighted by atomic mass is 10.1. The number of carbonyl (C=O) groups excluding carboxylic acids is 1. The number of benzene rings is 2. The van der Waals surface area contributed by atoms with Gasteiger partial charge in [0.25, 0.3) is 5.91 Å². The summed E-state index contributed by atoms with van der Waals surface area (Å²) < 4.78 is 5.88. The van der Waals surface area contributed by atoms with Gasteiger partial charge in [0.2, 0.25) is 0 Å². The van der Waals surface area contributed by atoms with Crippen LogP contribution in [0.4, 0.5) is 5.69 Å². The van der Waals surface area contributed by atoms with Crippen LogP contribution in [-0.4, -0.2) is 18.0 Å². The van der Waals surface area contributed by atoms with E-state index in [9.17, 15) is 4.79 Å². The third-order valence-electron chi connectivity index (χ3n) is 3.27. The Morgan fingerprint density at radius 1 is 1.04 bits per heavy atom. The molecule has 3 aromatic rings. The van der Waals surface area contributed by atoms with Crippen LogP contribution in [0, 0.1) is 0 Å². The predicted molar refractivity (Wildman–Crippen MR) is 102 cm³/mol. The van der Waals surface area contributed by atoms with Crippen LogP contribution in [0.2, 0.25) is 0 Å². The number of aromatic nitrogens is 1. The lowest BCUT2D eigenvalue weighted by Gasteiger charge is -2.13. The van der Waals surface area contributed by atoms with Crippen molar-refractivity contribution < 1.29 is 9.53 Å². The molecule has 0 saturated carbocycles. The summed E-state index contributed by atoms with van der Waals surface area (Å²) in [7, 11) is 1.52. The van der Waals surface area contributed by atoms with E-state index in [1.807, 2.05) is 68.4 Å². The maximum atomic E-state index is 12.7. The molecule has 4 nitrogen and oxygen atoms in total. The molecule has 0 fully saturated rings. The predicted octanol–water partition coefficient (Wildman–Crippen LogP) is 5.28. The van der Waals surface area contributed by atoms with E-state index in [0.29, 0.717) is 15.9 Å². The van der Waals surface area contributed by atoms with Crippen molar-refractivity contribution in [2.75, 3.05) is 12.4 Å². The van der Waals surface area contributed by atoms with Gasteiger partial charge in [0.1, 0.15) is 4.60 Å². The molecule has 124 valence electrons. The molecule has 0 saturated heterocycles. The van der Waals surface area contributed by atoms with Crippen molar-refractivity contribution in [3.05, 3.63) is 64.8 Å². The number of amides is 1. The number of halogens is 1. The zero-order chi connectivity index (χ0) is 17.5. The van der Waals surface area contributed by atoms with Crippen LogP contribution in [0.1, 0.15) is 24.2 Å². The van der Waals surface area contributed by atoms with E-state index in [0.717, 1.165) is 16.6 Å². The minimum Gasteiger partial charge on any atom is -0.493 e. The quantitative estimate of drug-likeness (QED) is 0.622. The number of hydrogen-bond acceptors (Lipinski definition) is 3. The molecule has 1 N–H and O–H groups in total. The summed E-state index contributed by atoms with van der Waals surface area (Å²) in [5.41, 5.74) is 1.92. The Hall–Kier alpha value is -2.40. The van der Waals surface area contributed by atoms with Gasteiger partial charge in [-0.05, 0) is 34.1 Å². The van der Waals surface area contributed by atoms with Crippen LogP contribution in [0.25, 0.3) is 10.9 Å². The Balaban J connectivity index is 0.00000100. The molecule has 5 heteroatoms. The molecule has 0 aliphatic carbocycles. The van der Waals surface area contributed by atoms with Gasteiger partial charge in [-0.1, -0.05) is 50.2 Å². The van der Waals surface area contributed by atoms with Gasteiger partial charge in [0.05, 0.1) is 18.2 Å². The Kier molecular flexibility index (Phi) is 6.32. The number of fused-ring (bicyclic) bond motifs is 1. The van der Waals surface area contributed by atoms with Crippen LogP contribution in [0.3, 0.4) is 0 Å². The zero-order valence-electron chi connectivity index (χ0n) is 13.8. The fourth-order valence-corrected chi connectivity index (χ4v) is 2.84. The van der Waals surface area contributed by atoms with E-state index < -0.39 is 0 Å². The highest BCUT2D eigenvalue weighted by molar-refractivity contribution is 9.10. The van der Waals surface area contributed by atoms with Gasteiger partial charge in [-0.2, -0.15) is 0 Å². The zero-order valence-corrected chi connectivity index (χ0v) is 15.4. The van der Waals surface area contributed by atoms with E-state index in [2.05, 4.69) is 26.2 Å². The summed E-state index contributed by atoms with van der Waals surface area (Å²) >= 11 is 3.37. The highest BCUT2D eigenvalue weighted by Gasteiger charge is 2.20. The molecule has 0 aliphatic rings. The molecule has 3 rings (SSSR count). The number of hydrogen-bond donors (Lipinski definition) is 1. The first-order valence-corrected chi connectivity index (χ1v) is 8.48. The van der Waals surface area contributed by atoms with Gasteiger partial charge in [0.15, 0.2) is 5.75 Å². The largest absolute Gasteiger partial charge is 0.493 e. The number of ether oxygens (including phenoxy) is 1. The minimum absolute atomic E-state index is 0.234. The van der Waals surface area contributed by atoms with Crippen molar-refractivity contribution in [3.63, 3.8) is 0 Å². The first-order valence-electron chi connectivity index (χ1n) is 7.69. The van der Waals surface area contributed by atoms with Crippen LogP contribution in [0.15, 0.2) is 59.2 Å². The summed E-state index contributed by atoms with van der Waals surface area (Å²) in [6.45, 7) is 4.00. The van der Waals surface area contributed by atoms with Crippen molar-refractivity contribution in [2.24, 2.45) is 0 Å². The Morgan fingerprint density at radius 2 is 1.67 bits per heavy atom. The fourth-order valence-electron chi connectivity index (χ4n) is 2.29. The normalized spacial score (nSPS) is 9.83. The number of rotatable bonds is 3. The minimum atomic E-state index is -0.234. The molecule has 2 aromatic carbocycles. The molecule has 1 amide bonds. The topological polar surface area (TPSA) is 51.2 Å². The third-order valence-corrected chi connectivity index (χ3v) is 3.81. The molecule has 1 heterocycles. The summed E-state index contributed by atoms with van der Waals surface area (Å²) in [5, 5.41) is 3.63. The molecule has 0 aliphatic heterocycles. The number of methoxy groups -OCH3 is 1. The highest BCUT2D eigenvalue weighted by atomic mass is 79.9. The van der Waals surface area contributed by atoms with Gasteiger partial charge >= 0.3 is 0 Å². The molecular formula is C19H19BrN2O2. The standard InChI is InChI=1S/C17H13BrN2O2.C2H6/c1-22-15-14(17(21)19-11-7-3-2-4-8-11)12-9-5-6-10-13(12)20-16(15)18;1-2/h2-10H,1H3,(H,19,21);1-2H3. The van der Waals surface area contributed by atoms with Gasteiger partial charge < -0.3 is 10.1 Å². The molecule has 0 radical (unpaired) electrons. The average molecular weight is 387 g/mol. The highest BCUT2D eigenvalue weighted by Crippen LogP contribution is 2.33. The van der Waals surface area contributed by atoms with E-state index in [1.54, 1.807) is 0 Å². The van der Waals surface area contributed by atoms with Crippen molar-refractivity contribution in [3.8, 4) is 5.75 Å². The first-order chi connectivity index (χ1) is 11.7. The van der Waals surface area contributed by atoms with Crippen LogP contribution in [0.5, 0.6) is 5.75 Å². The monoisotopic (exact) mass is 386 g/mol. The van der Waals surface area contributed by atoms with E-state index in [4.69, 9.17) is 4.74 Å². The Bertz CT molecular complexity index is 835. The van der Waals surface area contributed by atoms with Crippen molar-refractivity contribution in [1.82, 2.24) is 4.98 Å².